The van der Waals surface area contributed by atoms with Gasteiger partial charge in [-0.15, -0.1) is 0 Å². The number of pyridine rings is 1. The summed E-state index contributed by atoms with van der Waals surface area (Å²) in [4.78, 5) is 18.4. The van der Waals surface area contributed by atoms with E-state index in [1.54, 1.807) is 18.3 Å². The molecular formula is C29H29N5O4S. The van der Waals surface area contributed by atoms with Crippen molar-refractivity contribution >= 4 is 28.7 Å². The van der Waals surface area contributed by atoms with Crippen LogP contribution < -0.4 is 19.7 Å². The number of aromatic nitrogens is 2. The third-order valence-electron chi connectivity index (χ3n) is 6.93. The largest absolute Gasteiger partial charge is 0.496 e. The predicted molar refractivity (Wildman–Crippen MR) is 154 cm³/mol. The molecule has 0 amide bonds. The molecule has 2 aromatic carbocycles. The highest BCUT2D eigenvalue weighted by Gasteiger charge is 2.42. The molecule has 1 N–H and O–H groups in total. The van der Waals surface area contributed by atoms with Gasteiger partial charge in [-0.3, -0.25) is 15.1 Å². The number of aryl methyl sites for hydroxylation is 1. The van der Waals surface area contributed by atoms with E-state index in [1.165, 1.54) is 13.2 Å². The molecule has 2 atom stereocenters. The van der Waals surface area contributed by atoms with E-state index in [1.807, 2.05) is 67.8 Å². The number of nitrogens with zero attached hydrogens (tertiary/aromatic N) is 4. The lowest BCUT2D eigenvalue weighted by Gasteiger charge is -2.28. The lowest BCUT2D eigenvalue weighted by molar-refractivity contribution is -0.384. The number of benzene rings is 2. The molecule has 0 saturated carbocycles. The summed E-state index contributed by atoms with van der Waals surface area (Å²) in [6.45, 7) is 6.45. The molecule has 3 heterocycles. The Morgan fingerprint density at radius 2 is 1.82 bits per heavy atom. The monoisotopic (exact) mass is 543 g/mol. The van der Waals surface area contributed by atoms with Crippen molar-refractivity contribution in [1.82, 2.24) is 14.9 Å². The minimum atomic E-state index is -0.383. The fourth-order valence-electron chi connectivity index (χ4n) is 5.24. The van der Waals surface area contributed by atoms with Gasteiger partial charge < -0.3 is 24.3 Å². The zero-order valence-corrected chi connectivity index (χ0v) is 22.9. The lowest BCUT2D eigenvalue weighted by Crippen LogP contribution is -2.29. The molecule has 2 aromatic heterocycles. The summed E-state index contributed by atoms with van der Waals surface area (Å²) in [6.07, 6.45) is 1.76. The Bertz CT molecular complexity index is 1520. The smallest absolute Gasteiger partial charge is 0.296 e. The highest BCUT2D eigenvalue weighted by Crippen LogP contribution is 2.44. The average molecular weight is 544 g/mol. The Hall–Kier alpha value is -4.44. The normalized spacial score (nSPS) is 16.7. The quantitative estimate of drug-likeness (QED) is 0.165. The minimum Gasteiger partial charge on any atom is -0.496 e. The second-order valence-electron chi connectivity index (χ2n) is 9.20. The maximum absolute atomic E-state index is 12.0. The lowest BCUT2D eigenvalue weighted by atomic mass is 9.96. The van der Waals surface area contributed by atoms with Gasteiger partial charge >= 0.3 is 0 Å². The molecule has 1 saturated heterocycles. The number of hydrogen-bond acceptors (Lipinski definition) is 6. The van der Waals surface area contributed by atoms with E-state index >= 15 is 0 Å². The molecule has 5 rings (SSSR count). The van der Waals surface area contributed by atoms with Gasteiger partial charge in [0.05, 0.1) is 42.5 Å². The van der Waals surface area contributed by atoms with Crippen LogP contribution in [0.1, 0.15) is 41.7 Å². The molecule has 0 radical (unpaired) electrons. The van der Waals surface area contributed by atoms with Crippen molar-refractivity contribution in [3.63, 3.8) is 0 Å². The predicted octanol–water partition coefficient (Wildman–Crippen LogP) is 5.98. The molecule has 39 heavy (non-hydrogen) atoms. The van der Waals surface area contributed by atoms with Crippen LogP contribution in [0.5, 0.6) is 11.5 Å². The first-order valence-electron chi connectivity index (χ1n) is 12.6. The Morgan fingerprint density at radius 1 is 1.08 bits per heavy atom. The molecule has 0 aliphatic carbocycles. The fourth-order valence-corrected chi connectivity index (χ4v) is 5.59. The van der Waals surface area contributed by atoms with Crippen LogP contribution in [0.15, 0.2) is 72.9 Å². The van der Waals surface area contributed by atoms with E-state index in [4.69, 9.17) is 21.7 Å². The van der Waals surface area contributed by atoms with Gasteiger partial charge in [0.1, 0.15) is 17.2 Å². The van der Waals surface area contributed by atoms with Crippen molar-refractivity contribution in [1.29, 1.82) is 0 Å². The molecule has 0 bridgehead atoms. The Morgan fingerprint density at radius 3 is 2.46 bits per heavy atom. The first-order valence-corrected chi connectivity index (χ1v) is 13.0. The number of anilines is 1. The van der Waals surface area contributed by atoms with Gasteiger partial charge in [0.2, 0.25) is 0 Å². The maximum Gasteiger partial charge on any atom is 0.296 e. The number of nitro benzene ring substituents is 1. The number of ether oxygens (including phenoxy) is 2. The Kier molecular flexibility index (Phi) is 7.21. The van der Waals surface area contributed by atoms with Crippen molar-refractivity contribution in [2.24, 2.45) is 0 Å². The summed E-state index contributed by atoms with van der Waals surface area (Å²) in [5, 5.41) is 16.1. The van der Waals surface area contributed by atoms with Crippen molar-refractivity contribution in [2.75, 3.05) is 18.6 Å². The van der Waals surface area contributed by atoms with Crippen molar-refractivity contribution in [2.45, 2.75) is 32.9 Å². The van der Waals surface area contributed by atoms with Crippen molar-refractivity contribution in [3.8, 4) is 17.2 Å². The summed E-state index contributed by atoms with van der Waals surface area (Å²) >= 11 is 5.87. The maximum atomic E-state index is 12.0. The van der Waals surface area contributed by atoms with Gasteiger partial charge in [-0.05, 0) is 93.1 Å². The summed E-state index contributed by atoms with van der Waals surface area (Å²) in [6, 6.07) is 20.1. The van der Waals surface area contributed by atoms with E-state index < -0.39 is 0 Å². The third-order valence-corrected chi connectivity index (χ3v) is 7.25. The second-order valence-corrected chi connectivity index (χ2v) is 9.58. The van der Waals surface area contributed by atoms with Crippen LogP contribution in [0.25, 0.3) is 5.69 Å². The third kappa shape index (κ3) is 4.79. The molecule has 1 aliphatic heterocycles. The fraction of sp³-hybridized carbons (Fsp3) is 0.241. The molecule has 9 nitrogen and oxygen atoms in total. The first kappa shape index (κ1) is 26.2. The van der Waals surface area contributed by atoms with E-state index in [-0.39, 0.29) is 22.7 Å². The average Bonchev–Trinajstić information content (AvgIpc) is 3.44. The summed E-state index contributed by atoms with van der Waals surface area (Å²) < 4.78 is 12.8. The number of rotatable bonds is 8. The van der Waals surface area contributed by atoms with E-state index in [9.17, 15) is 10.1 Å². The van der Waals surface area contributed by atoms with E-state index in [0.717, 1.165) is 34.1 Å². The van der Waals surface area contributed by atoms with Crippen molar-refractivity contribution in [3.05, 3.63) is 106 Å². The summed E-state index contributed by atoms with van der Waals surface area (Å²) in [7, 11) is 1.49. The Labute approximate surface area is 232 Å². The highest BCUT2D eigenvalue weighted by molar-refractivity contribution is 7.80. The van der Waals surface area contributed by atoms with Gasteiger partial charge in [0, 0.05) is 23.3 Å². The molecule has 2 unspecified atom stereocenters. The van der Waals surface area contributed by atoms with Crippen LogP contribution in [0, 0.1) is 24.0 Å². The summed E-state index contributed by atoms with van der Waals surface area (Å²) in [5.74, 6) is 1.21. The molecule has 0 spiro atoms. The van der Waals surface area contributed by atoms with E-state index in [2.05, 4.69) is 21.3 Å². The summed E-state index contributed by atoms with van der Waals surface area (Å²) in [5.41, 5.74) is 4.90. The van der Waals surface area contributed by atoms with Crippen molar-refractivity contribution < 1.29 is 14.4 Å². The number of hydrogen-bond donors (Lipinski definition) is 1. The molecule has 1 aliphatic rings. The van der Waals surface area contributed by atoms with Gasteiger partial charge in [-0.2, -0.15) is 0 Å². The molecule has 1 fully saturated rings. The number of nitrogens with one attached hydrogen (secondary N) is 1. The minimum absolute atomic E-state index is 0.0348. The van der Waals surface area contributed by atoms with Crippen LogP contribution >= 0.6 is 12.2 Å². The molecule has 10 heteroatoms. The molecule has 4 aromatic rings. The van der Waals surface area contributed by atoms with Gasteiger partial charge in [-0.1, -0.05) is 6.07 Å². The number of methoxy groups -OCH3 is 1. The number of thiocarbonyl (C=S) groups is 1. The Balaban J connectivity index is 1.67. The van der Waals surface area contributed by atoms with Gasteiger partial charge in [-0.25, -0.2) is 0 Å². The molecular weight excluding hydrogens is 514 g/mol. The van der Waals surface area contributed by atoms with E-state index in [0.29, 0.717) is 23.2 Å². The van der Waals surface area contributed by atoms with Crippen LogP contribution in [-0.2, 0) is 0 Å². The first-order chi connectivity index (χ1) is 18.8. The second kappa shape index (κ2) is 10.7. The zero-order valence-electron chi connectivity index (χ0n) is 22.1. The standard InChI is InChI=1S/C29H29N5O4S/c1-5-38-21-11-9-20(10-12-21)33-28(27(31-29(33)39)24-8-6-7-15-30-24)23-16-18(2)32(19(23)3)25-14-13-22(37-4)17-26(25)34(35)36/h6-17,27-28H,5H2,1-4H3,(H,31,39). The van der Waals surface area contributed by atoms with Crippen LogP contribution in [-0.4, -0.2) is 33.3 Å². The van der Waals surface area contributed by atoms with Gasteiger partial charge in [0.25, 0.3) is 5.69 Å². The van der Waals surface area contributed by atoms with Crippen LogP contribution in [0.3, 0.4) is 0 Å². The SMILES string of the molecule is CCOc1ccc(N2C(=S)NC(c3ccccn3)C2c2cc(C)n(-c3ccc(OC)cc3[N+](=O)[O-])c2C)cc1. The van der Waals surface area contributed by atoms with Gasteiger partial charge in [0.15, 0.2) is 5.11 Å². The highest BCUT2D eigenvalue weighted by atomic mass is 32.1. The topological polar surface area (TPSA) is 94.7 Å². The van der Waals surface area contributed by atoms with Crippen LogP contribution in [0.4, 0.5) is 11.4 Å². The zero-order chi connectivity index (χ0) is 27.7. The number of nitro groups is 1. The molecule has 200 valence electrons. The van der Waals surface area contributed by atoms with Crippen LogP contribution in [0.2, 0.25) is 0 Å².